The molecule has 0 radical (unpaired) electrons. The molecule has 3 aromatic rings. The Bertz CT molecular complexity index is 1440. The van der Waals surface area contributed by atoms with Gasteiger partial charge in [-0.25, -0.2) is 0 Å². The molecule has 1 heterocycles. The van der Waals surface area contributed by atoms with E-state index in [1.807, 2.05) is 97.0 Å². The molecule has 1 atom stereocenters. The summed E-state index contributed by atoms with van der Waals surface area (Å²) in [6, 6.07) is 17.6. The zero-order valence-corrected chi connectivity index (χ0v) is 23.7. The van der Waals surface area contributed by atoms with Gasteiger partial charge in [0.05, 0.1) is 24.3 Å². The van der Waals surface area contributed by atoms with E-state index in [9.17, 15) is 14.7 Å². The summed E-state index contributed by atoms with van der Waals surface area (Å²) in [5.74, 6) is -0.158. The number of nitrogens with zero attached hydrogens (tertiary/aromatic N) is 1. The fourth-order valence-electron chi connectivity index (χ4n) is 4.91. The van der Waals surface area contributed by atoms with E-state index >= 15 is 0 Å². The standard InChI is InChI=1S/C33H37NO5/c1-8-38-28-15-13-24(18-27(28)19(2)3)31(35)29-30(23-10-9-11-26(17-23)39-20(4)5)34(33(37)32(29)36)25-14-12-21(6)22(7)16-25/h9-20,30,35H,8H2,1-7H3/b31-29+. The van der Waals surface area contributed by atoms with Gasteiger partial charge in [0.25, 0.3) is 11.7 Å². The third-order valence-electron chi connectivity index (χ3n) is 6.96. The lowest BCUT2D eigenvalue weighted by Gasteiger charge is -2.26. The van der Waals surface area contributed by atoms with E-state index in [-0.39, 0.29) is 23.4 Å². The summed E-state index contributed by atoms with van der Waals surface area (Å²) < 4.78 is 11.7. The van der Waals surface area contributed by atoms with Crippen LogP contribution in [0.25, 0.3) is 5.76 Å². The number of aryl methyl sites for hydroxylation is 2. The largest absolute Gasteiger partial charge is 0.507 e. The van der Waals surface area contributed by atoms with Crippen LogP contribution in [-0.4, -0.2) is 29.5 Å². The van der Waals surface area contributed by atoms with Crippen LogP contribution in [0.2, 0.25) is 0 Å². The molecule has 0 saturated carbocycles. The molecular weight excluding hydrogens is 490 g/mol. The topological polar surface area (TPSA) is 76.1 Å². The smallest absolute Gasteiger partial charge is 0.300 e. The number of anilines is 1. The van der Waals surface area contributed by atoms with Crippen molar-refractivity contribution in [1.82, 2.24) is 0 Å². The second-order valence-corrected chi connectivity index (χ2v) is 10.5. The summed E-state index contributed by atoms with van der Waals surface area (Å²) in [6.45, 7) is 14.4. The van der Waals surface area contributed by atoms with Crippen molar-refractivity contribution >= 4 is 23.1 Å². The number of carbonyl (C=O) groups is 2. The maximum atomic E-state index is 13.6. The number of aliphatic hydroxyl groups excluding tert-OH is 1. The SMILES string of the molecule is CCOc1ccc(/C(O)=C2\C(=O)C(=O)N(c3ccc(C)c(C)c3)C2c2cccc(OC(C)C)c2)cc1C(C)C. The van der Waals surface area contributed by atoms with E-state index in [2.05, 4.69) is 0 Å². The predicted octanol–water partition coefficient (Wildman–Crippen LogP) is 7.24. The lowest BCUT2D eigenvalue weighted by atomic mass is 9.93. The Labute approximate surface area is 230 Å². The first kappa shape index (κ1) is 28.0. The highest BCUT2D eigenvalue weighted by atomic mass is 16.5. The van der Waals surface area contributed by atoms with E-state index in [1.165, 1.54) is 4.90 Å². The number of hydrogen-bond donors (Lipinski definition) is 1. The lowest BCUT2D eigenvalue weighted by Crippen LogP contribution is -2.29. The first-order valence-corrected chi connectivity index (χ1v) is 13.4. The summed E-state index contributed by atoms with van der Waals surface area (Å²) in [6.07, 6.45) is -0.0512. The van der Waals surface area contributed by atoms with Crippen molar-refractivity contribution in [2.75, 3.05) is 11.5 Å². The van der Waals surface area contributed by atoms with Crippen LogP contribution in [0.4, 0.5) is 5.69 Å². The van der Waals surface area contributed by atoms with Gasteiger partial charge < -0.3 is 14.6 Å². The maximum Gasteiger partial charge on any atom is 0.300 e. The number of ketones is 1. The number of carbonyl (C=O) groups excluding carboxylic acids is 2. The highest BCUT2D eigenvalue weighted by Crippen LogP contribution is 2.44. The van der Waals surface area contributed by atoms with Crippen LogP contribution in [0.15, 0.2) is 66.2 Å². The molecule has 1 unspecified atom stereocenters. The Morgan fingerprint density at radius 2 is 1.69 bits per heavy atom. The zero-order valence-electron chi connectivity index (χ0n) is 23.7. The molecule has 0 aliphatic carbocycles. The van der Waals surface area contributed by atoms with Crippen LogP contribution in [0.1, 0.15) is 74.4 Å². The molecule has 6 nitrogen and oxygen atoms in total. The van der Waals surface area contributed by atoms with Gasteiger partial charge in [-0.2, -0.15) is 0 Å². The fourth-order valence-corrected chi connectivity index (χ4v) is 4.91. The zero-order chi connectivity index (χ0) is 28.4. The predicted molar refractivity (Wildman–Crippen MR) is 155 cm³/mol. The first-order chi connectivity index (χ1) is 18.5. The summed E-state index contributed by atoms with van der Waals surface area (Å²) in [5, 5.41) is 11.7. The third-order valence-corrected chi connectivity index (χ3v) is 6.96. The number of aliphatic hydroxyl groups is 1. The summed E-state index contributed by atoms with van der Waals surface area (Å²) >= 11 is 0. The molecule has 6 heteroatoms. The van der Waals surface area contributed by atoms with Gasteiger partial charge in [-0.1, -0.05) is 32.0 Å². The third kappa shape index (κ3) is 5.56. The molecule has 0 aromatic heterocycles. The Morgan fingerprint density at radius 1 is 0.949 bits per heavy atom. The minimum Gasteiger partial charge on any atom is -0.507 e. The first-order valence-electron chi connectivity index (χ1n) is 13.4. The van der Waals surface area contributed by atoms with Crippen molar-refractivity contribution in [1.29, 1.82) is 0 Å². The van der Waals surface area contributed by atoms with Crippen molar-refractivity contribution in [2.24, 2.45) is 0 Å². The average Bonchev–Trinajstić information content (AvgIpc) is 3.15. The van der Waals surface area contributed by atoms with Crippen molar-refractivity contribution in [2.45, 2.75) is 66.5 Å². The van der Waals surface area contributed by atoms with Gasteiger partial charge in [0.2, 0.25) is 0 Å². The fraction of sp³-hybridized carbons (Fsp3) is 0.333. The maximum absolute atomic E-state index is 13.6. The molecule has 1 amide bonds. The molecule has 1 aliphatic rings. The van der Waals surface area contributed by atoms with Gasteiger partial charge in [-0.05, 0) is 105 Å². The average molecular weight is 528 g/mol. The van der Waals surface area contributed by atoms with Crippen molar-refractivity contribution in [3.8, 4) is 11.5 Å². The number of hydrogen-bond acceptors (Lipinski definition) is 5. The van der Waals surface area contributed by atoms with Crippen LogP contribution < -0.4 is 14.4 Å². The van der Waals surface area contributed by atoms with Gasteiger partial charge in [-0.15, -0.1) is 0 Å². The number of rotatable bonds is 8. The van der Waals surface area contributed by atoms with E-state index in [0.29, 0.717) is 29.2 Å². The van der Waals surface area contributed by atoms with Gasteiger partial charge in [0, 0.05) is 11.3 Å². The minimum atomic E-state index is -0.836. The van der Waals surface area contributed by atoms with E-state index in [1.54, 1.807) is 12.1 Å². The molecule has 1 saturated heterocycles. The molecular formula is C33H37NO5. The van der Waals surface area contributed by atoms with E-state index in [0.717, 1.165) is 22.4 Å². The molecule has 3 aromatic carbocycles. The van der Waals surface area contributed by atoms with Crippen LogP contribution in [0, 0.1) is 13.8 Å². The molecule has 0 spiro atoms. The molecule has 1 fully saturated rings. The number of Topliss-reactive ketones (excluding diaryl/α,β-unsaturated/α-hetero) is 1. The monoisotopic (exact) mass is 527 g/mol. The number of ether oxygens (including phenoxy) is 2. The molecule has 1 aliphatic heterocycles. The van der Waals surface area contributed by atoms with Crippen LogP contribution in [0.5, 0.6) is 11.5 Å². The quantitative estimate of drug-likeness (QED) is 0.190. The second-order valence-electron chi connectivity index (χ2n) is 10.5. The van der Waals surface area contributed by atoms with Crippen molar-refractivity contribution < 1.29 is 24.2 Å². The van der Waals surface area contributed by atoms with E-state index < -0.39 is 17.7 Å². The minimum absolute atomic E-state index is 0.0405. The Kier molecular flexibility index (Phi) is 8.14. The van der Waals surface area contributed by atoms with Crippen LogP contribution >= 0.6 is 0 Å². The Morgan fingerprint density at radius 3 is 2.33 bits per heavy atom. The Balaban J connectivity index is 1.95. The van der Waals surface area contributed by atoms with Crippen LogP contribution in [0.3, 0.4) is 0 Å². The second kappa shape index (κ2) is 11.4. The molecule has 39 heavy (non-hydrogen) atoms. The van der Waals surface area contributed by atoms with Gasteiger partial charge in [0.15, 0.2) is 0 Å². The summed E-state index contributed by atoms with van der Waals surface area (Å²) in [4.78, 5) is 28.7. The molecule has 1 N–H and O–H groups in total. The number of amides is 1. The van der Waals surface area contributed by atoms with Crippen molar-refractivity contribution in [3.05, 3.63) is 94.1 Å². The van der Waals surface area contributed by atoms with Gasteiger partial charge >= 0.3 is 0 Å². The number of benzene rings is 3. The normalized spacial score (nSPS) is 16.8. The van der Waals surface area contributed by atoms with Crippen LogP contribution in [-0.2, 0) is 9.59 Å². The summed E-state index contributed by atoms with van der Waals surface area (Å²) in [7, 11) is 0. The highest BCUT2D eigenvalue weighted by molar-refractivity contribution is 6.51. The van der Waals surface area contributed by atoms with Gasteiger partial charge in [0.1, 0.15) is 17.3 Å². The lowest BCUT2D eigenvalue weighted by molar-refractivity contribution is -0.132. The highest BCUT2D eigenvalue weighted by Gasteiger charge is 2.47. The molecule has 204 valence electrons. The molecule has 0 bridgehead atoms. The Hall–Kier alpha value is -4.06. The molecule has 4 rings (SSSR count). The summed E-state index contributed by atoms with van der Waals surface area (Å²) in [5.41, 5.74) is 4.75. The van der Waals surface area contributed by atoms with Gasteiger partial charge in [-0.3, -0.25) is 14.5 Å². The van der Waals surface area contributed by atoms with Crippen molar-refractivity contribution in [3.63, 3.8) is 0 Å². The van der Waals surface area contributed by atoms with E-state index in [4.69, 9.17) is 9.47 Å².